The van der Waals surface area contributed by atoms with Gasteiger partial charge in [0, 0.05) is 19.0 Å². The molecule has 1 aromatic carbocycles. The molecule has 2 heterocycles. The third-order valence-corrected chi connectivity index (χ3v) is 5.36. The predicted octanol–water partition coefficient (Wildman–Crippen LogP) is 2.92. The minimum atomic E-state index is -4.92. The topological polar surface area (TPSA) is 98.9 Å². The van der Waals surface area contributed by atoms with Crippen molar-refractivity contribution in [2.24, 2.45) is 7.05 Å². The lowest BCUT2D eigenvalue weighted by Gasteiger charge is -2.14. The van der Waals surface area contributed by atoms with Gasteiger partial charge in [-0.2, -0.15) is 13.2 Å². The normalized spacial score (nSPS) is 11.7. The van der Waals surface area contributed by atoms with Crippen LogP contribution in [0, 0.1) is 5.82 Å². The average Bonchev–Trinajstić information content (AvgIpc) is 3.14. The highest BCUT2D eigenvalue weighted by Crippen LogP contribution is 2.27. The van der Waals surface area contributed by atoms with Crippen molar-refractivity contribution in [2.45, 2.75) is 25.9 Å². The maximum atomic E-state index is 14.3. The number of hydrogen-bond acceptors (Lipinski definition) is 6. The van der Waals surface area contributed by atoms with E-state index in [0.29, 0.717) is 9.57 Å². The second-order valence-corrected chi connectivity index (χ2v) is 7.77. The van der Waals surface area contributed by atoms with E-state index in [1.165, 1.54) is 0 Å². The Balaban J connectivity index is 2.03. The van der Waals surface area contributed by atoms with E-state index in [9.17, 15) is 31.9 Å². The summed E-state index contributed by atoms with van der Waals surface area (Å²) in [4.78, 5) is 37.1. The van der Waals surface area contributed by atoms with E-state index in [0.717, 1.165) is 36.6 Å². The van der Waals surface area contributed by atoms with E-state index >= 15 is 0 Å². The summed E-state index contributed by atoms with van der Waals surface area (Å²) in [6.07, 6.45) is -4.92. The van der Waals surface area contributed by atoms with E-state index in [2.05, 4.69) is 15.5 Å². The highest BCUT2D eigenvalue weighted by molar-refractivity contribution is 7.15. The van der Waals surface area contributed by atoms with Crippen LogP contribution in [0.5, 0.6) is 0 Å². The van der Waals surface area contributed by atoms with Crippen LogP contribution in [0.15, 0.2) is 33.9 Å². The Labute approximate surface area is 175 Å². The Hall–Kier alpha value is -3.35. The minimum absolute atomic E-state index is 0.0611. The first kappa shape index (κ1) is 22.3. The maximum absolute atomic E-state index is 14.3. The summed E-state index contributed by atoms with van der Waals surface area (Å²) in [6, 6.07) is 2.97. The molecule has 0 spiro atoms. The molecule has 0 radical (unpaired) electrons. The van der Waals surface area contributed by atoms with Crippen molar-refractivity contribution >= 4 is 22.4 Å². The summed E-state index contributed by atoms with van der Waals surface area (Å²) in [6.45, 7) is 3.75. The third kappa shape index (κ3) is 4.40. The largest absolute Gasteiger partial charge is 0.431 e. The summed E-state index contributed by atoms with van der Waals surface area (Å²) in [5, 5.41) is 10.8. The van der Waals surface area contributed by atoms with Gasteiger partial charge in [0.15, 0.2) is 0 Å². The number of benzene rings is 1. The lowest BCUT2D eigenvalue weighted by atomic mass is 10.1. The number of carbonyl (C=O) groups is 1. The van der Waals surface area contributed by atoms with Gasteiger partial charge in [-0.3, -0.25) is 19.5 Å². The summed E-state index contributed by atoms with van der Waals surface area (Å²) in [5.74, 6) is -1.83. The quantitative estimate of drug-likeness (QED) is 0.608. The van der Waals surface area contributed by atoms with E-state index in [1.807, 2.05) is 13.8 Å². The summed E-state index contributed by atoms with van der Waals surface area (Å²) < 4.78 is 53.9. The first-order valence-electron chi connectivity index (χ1n) is 8.75. The van der Waals surface area contributed by atoms with Gasteiger partial charge in [0.25, 0.3) is 11.5 Å². The van der Waals surface area contributed by atoms with Gasteiger partial charge < -0.3 is 0 Å². The van der Waals surface area contributed by atoms with Crippen molar-refractivity contribution in [2.75, 3.05) is 5.32 Å². The zero-order valence-electron chi connectivity index (χ0n) is 16.3. The molecule has 164 valence electrons. The summed E-state index contributed by atoms with van der Waals surface area (Å²) in [7, 11) is 0.847. The van der Waals surface area contributed by atoms with Gasteiger partial charge in [-0.05, 0) is 18.2 Å². The fourth-order valence-corrected chi connectivity index (χ4v) is 3.39. The van der Waals surface area contributed by atoms with Crippen LogP contribution < -0.4 is 16.6 Å². The zero-order chi connectivity index (χ0) is 23.1. The van der Waals surface area contributed by atoms with Gasteiger partial charge in [0.05, 0.1) is 11.3 Å². The molecular weight excluding hydrogens is 442 g/mol. The zero-order valence-corrected chi connectivity index (χ0v) is 17.1. The lowest BCUT2D eigenvalue weighted by Crippen LogP contribution is -2.40. The van der Waals surface area contributed by atoms with E-state index in [-0.39, 0.29) is 27.4 Å². The molecular formula is C18H15F4N5O3S. The Morgan fingerprint density at radius 1 is 1.16 bits per heavy atom. The minimum Gasteiger partial charge on any atom is -0.296 e. The Morgan fingerprint density at radius 2 is 1.84 bits per heavy atom. The monoisotopic (exact) mass is 457 g/mol. The van der Waals surface area contributed by atoms with Crippen molar-refractivity contribution in [3.63, 3.8) is 0 Å². The van der Waals surface area contributed by atoms with Crippen LogP contribution in [0.3, 0.4) is 0 Å². The molecule has 0 saturated carbocycles. The van der Waals surface area contributed by atoms with Crippen molar-refractivity contribution in [3.05, 3.63) is 67.2 Å². The fourth-order valence-electron chi connectivity index (χ4n) is 2.64. The molecule has 1 N–H and O–H groups in total. The Morgan fingerprint density at radius 3 is 2.42 bits per heavy atom. The number of anilines is 1. The molecule has 0 bridgehead atoms. The van der Waals surface area contributed by atoms with Gasteiger partial charge >= 0.3 is 11.9 Å². The molecule has 3 aromatic rings. The smallest absolute Gasteiger partial charge is 0.296 e. The molecule has 0 aliphatic heterocycles. The molecule has 0 aliphatic carbocycles. The number of halogens is 4. The molecule has 3 rings (SSSR count). The van der Waals surface area contributed by atoms with Crippen molar-refractivity contribution < 1.29 is 22.4 Å². The van der Waals surface area contributed by atoms with E-state index < -0.39 is 40.4 Å². The van der Waals surface area contributed by atoms with Crippen LogP contribution in [-0.2, 0) is 13.2 Å². The molecule has 0 atom stereocenters. The first-order valence-corrected chi connectivity index (χ1v) is 9.56. The van der Waals surface area contributed by atoms with Crippen LogP contribution in [0.2, 0.25) is 0 Å². The van der Waals surface area contributed by atoms with Gasteiger partial charge in [-0.25, -0.2) is 13.8 Å². The van der Waals surface area contributed by atoms with Crippen LogP contribution in [0.1, 0.15) is 40.8 Å². The highest BCUT2D eigenvalue weighted by atomic mass is 32.1. The highest BCUT2D eigenvalue weighted by Gasteiger charge is 2.35. The van der Waals surface area contributed by atoms with Crippen LogP contribution >= 0.6 is 11.3 Å². The van der Waals surface area contributed by atoms with Gasteiger partial charge in [0.1, 0.15) is 16.5 Å². The number of nitrogens with one attached hydrogen (secondary N) is 1. The molecule has 2 aromatic heterocycles. The van der Waals surface area contributed by atoms with Crippen LogP contribution in [0.4, 0.5) is 22.7 Å². The fraction of sp³-hybridized carbons (Fsp3) is 0.278. The number of nitrogens with zero attached hydrogens (tertiary/aromatic N) is 4. The van der Waals surface area contributed by atoms with Gasteiger partial charge in [-0.15, -0.1) is 10.2 Å². The molecule has 0 aliphatic rings. The van der Waals surface area contributed by atoms with E-state index in [1.54, 1.807) is 0 Å². The molecule has 0 fully saturated rings. The van der Waals surface area contributed by atoms with Gasteiger partial charge in [-0.1, -0.05) is 25.2 Å². The number of alkyl halides is 3. The second kappa shape index (κ2) is 8.06. The second-order valence-electron chi connectivity index (χ2n) is 6.76. The Bertz CT molecular complexity index is 1280. The number of rotatable bonds is 4. The van der Waals surface area contributed by atoms with Crippen molar-refractivity contribution in [1.82, 2.24) is 19.3 Å². The van der Waals surface area contributed by atoms with Crippen LogP contribution in [-0.4, -0.2) is 25.2 Å². The van der Waals surface area contributed by atoms with Crippen LogP contribution in [0.25, 0.3) is 5.69 Å². The standard InChI is InChI=1S/C18H15F4N5O3S/c1-8(2)15-24-25-16(31-15)23-14(29)10-6-9(4-5-11(10)19)27-13(28)7-12(18(20,21)22)26(3)17(27)30/h4-8H,1-3H3,(H,23,25,29). The molecule has 1 amide bonds. The Kier molecular flexibility index (Phi) is 5.81. The third-order valence-electron chi connectivity index (χ3n) is 4.22. The summed E-state index contributed by atoms with van der Waals surface area (Å²) in [5.41, 5.74) is -4.82. The predicted molar refractivity (Wildman–Crippen MR) is 104 cm³/mol. The number of amides is 1. The number of aromatic nitrogens is 4. The molecule has 13 heteroatoms. The van der Waals surface area contributed by atoms with Gasteiger partial charge in [0.2, 0.25) is 5.13 Å². The lowest BCUT2D eigenvalue weighted by molar-refractivity contribution is -0.144. The van der Waals surface area contributed by atoms with E-state index in [4.69, 9.17) is 0 Å². The van der Waals surface area contributed by atoms with Crippen molar-refractivity contribution in [3.8, 4) is 5.69 Å². The number of hydrogen-bond donors (Lipinski definition) is 1. The molecule has 0 unspecified atom stereocenters. The average molecular weight is 457 g/mol. The number of carbonyl (C=O) groups excluding carboxylic acids is 1. The SMILES string of the molecule is CC(C)c1nnc(NC(=O)c2cc(-n3c(=O)cc(C(F)(F)F)n(C)c3=O)ccc2F)s1. The first-order chi connectivity index (χ1) is 14.4. The molecule has 0 saturated heterocycles. The van der Waals surface area contributed by atoms with Crippen molar-refractivity contribution in [1.29, 1.82) is 0 Å². The maximum Gasteiger partial charge on any atom is 0.431 e. The summed E-state index contributed by atoms with van der Waals surface area (Å²) >= 11 is 1.09. The molecule has 8 nitrogen and oxygen atoms in total. The molecule has 31 heavy (non-hydrogen) atoms.